The average Bonchev–Trinajstić information content (AvgIpc) is 2.77. The molecule has 0 bridgehead atoms. The Kier molecular flexibility index (Phi) is 4.58. The lowest BCUT2D eigenvalue weighted by atomic mass is 9.88. The van der Waals surface area contributed by atoms with Gasteiger partial charge in [-0.15, -0.1) is 0 Å². The minimum Gasteiger partial charge on any atom is -0.310 e. The van der Waals surface area contributed by atoms with Crippen molar-refractivity contribution in [1.82, 2.24) is 5.32 Å². The second-order valence-corrected chi connectivity index (χ2v) is 6.61. The summed E-state index contributed by atoms with van der Waals surface area (Å²) < 4.78 is 0. The summed E-state index contributed by atoms with van der Waals surface area (Å²) in [6.07, 6.45) is 5.43. The van der Waals surface area contributed by atoms with Crippen molar-refractivity contribution in [3.05, 3.63) is 33.8 Å². The van der Waals surface area contributed by atoms with Crippen molar-refractivity contribution in [2.45, 2.75) is 45.6 Å². The van der Waals surface area contributed by atoms with Crippen LogP contribution in [0.3, 0.4) is 0 Å². The van der Waals surface area contributed by atoms with E-state index in [0.717, 1.165) is 6.54 Å². The van der Waals surface area contributed by atoms with E-state index in [4.69, 9.17) is 23.2 Å². The SMILES string of the molecule is CC(NCC1(C)CCCC1)c1ccc(Cl)c(Cl)c1. The second-order valence-electron chi connectivity index (χ2n) is 5.79. The zero-order valence-electron chi connectivity index (χ0n) is 11.1. The van der Waals surface area contributed by atoms with Gasteiger partial charge < -0.3 is 5.32 Å². The molecule has 1 saturated carbocycles. The number of rotatable bonds is 4. The maximum atomic E-state index is 6.05. The number of hydrogen-bond acceptors (Lipinski definition) is 1. The van der Waals surface area contributed by atoms with Gasteiger partial charge in [-0.25, -0.2) is 0 Å². The summed E-state index contributed by atoms with van der Waals surface area (Å²) >= 11 is 12.0. The molecule has 0 spiro atoms. The predicted molar refractivity (Wildman–Crippen MR) is 79.5 cm³/mol. The number of halogens is 2. The second kappa shape index (κ2) is 5.81. The van der Waals surface area contributed by atoms with Gasteiger partial charge in [-0.1, -0.05) is 49.0 Å². The fraction of sp³-hybridized carbons (Fsp3) is 0.600. The van der Waals surface area contributed by atoms with Crippen molar-refractivity contribution in [3.63, 3.8) is 0 Å². The predicted octanol–water partition coefficient (Wildman–Crippen LogP) is 5.22. The normalized spacial score (nSPS) is 20.0. The highest BCUT2D eigenvalue weighted by Crippen LogP contribution is 2.37. The molecular formula is C15H21Cl2N. The standard InChI is InChI=1S/C15H21Cl2N/c1-11(12-5-6-13(16)14(17)9-12)18-10-15(2)7-3-4-8-15/h5-6,9,11,18H,3-4,7-8,10H2,1-2H3. The molecule has 0 radical (unpaired) electrons. The third-order valence-electron chi connectivity index (χ3n) is 4.09. The minimum absolute atomic E-state index is 0.317. The molecule has 3 heteroatoms. The third-order valence-corrected chi connectivity index (χ3v) is 4.83. The zero-order chi connectivity index (χ0) is 13.2. The number of nitrogens with one attached hydrogen (secondary N) is 1. The van der Waals surface area contributed by atoms with E-state index in [1.165, 1.54) is 31.2 Å². The van der Waals surface area contributed by atoms with E-state index in [9.17, 15) is 0 Å². The quantitative estimate of drug-likeness (QED) is 0.799. The lowest BCUT2D eigenvalue weighted by Crippen LogP contribution is -2.31. The third kappa shape index (κ3) is 3.40. The Bertz CT molecular complexity index is 411. The number of hydrogen-bond donors (Lipinski definition) is 1. The van der Waals surface area contributed by atoms with Gasteiger partial charge >= 0.3 is 0 Å². The van der Waals surface area contributed by atoms with Gasteiger partial charge in [0.1, 0.15) is 0 Å². The molecule has 1 aromatic carbocycles. The van der Waals surface area contributed by atoms with Crippen LogP contribution < -0.4 is 5.32 Å². The first-order valence-electron chi connectivity index (χ1n) is 6.68. The van der Waals surface area contributed by atoms with Gasteiger partial charge in [0.25, 0.3) is 0 Å². The lowest BCUT2D eigenvalue weighted by molar-refractivity contribution is 0.302. The van der Waals surface area contributed by atoms with Crippen molar-refractivity contribution in [2.75, 3.05) is 6.54 Å². The van der Waals surface area contributed by atoms with Gasteiger partial charge in [0.2, 0.25) is 0 Å². The maximum absolute atomic E-state index is 6.05. The van der Waals surface area contributed by atoms with E-state index in [1.807, 2.05) is 18.2 Å². The molecule has 1 aromatic rings. The van der Waals surface area contributed by atoms with E-state index >= 15 is 0 Å². The van der Waals surface area contributed by atoms with E-state index in [2.05, 4.69) is 19.2 Å². The first-order valence-corrected chi connectivity index (χ1v) is 7.44. The highest BCUT2D eigenvalue weighted by atomic mass is 35.5. The van der Waals surface area contributed by atoms with Crippen LogP contribution in [0, 0.1) is 5.41 Å². The van der Waals surface area contributed by atoms with Crippen LogP contribution in [0.2, 0.25) is 10.0 Å². The summed E-state index contributed by atoms with van der Waals surface area (Å²) in [5, 5.41) is 4.88. The molecule has 100 valence electrons. The molecule has 0 saturated heterocycles. The molecule has 1 atom stereocenters. The van der Waals surface area contributed by atoms with Crippen molar-refractivity contribution in [1.29, 1.82) is 0 Å². The van der Waals surface area contributed by atoms with Crippen LogP contribution in [-0.2, 0) is 0 Å². The van der Waals surface area contributed by atoms with Gasteiger partial charge in [0, 0.05) is 12.6 Å². The Morgan fingerprint density at radius 3 is 2.50 bits per heavy atom. The van der Waals surface area contributed by atoms with Crippen LogP contribution in [0.1, 0.15) is 51.1 Å². The lowest BCUT2D eigenvalue weighted by Gasteiger charge is -2.26. The van der Waals surface area contributed by atoms with E-state index in [-0.39, 0.29) is 0 Å². The summed E-state index contributed by atoms with van der Waals surface area (Å²) in [6.45, 7) is 5.64. The molecule has 18 heavy (non-hydrogen) atoms. The first-order chi connectivity index (χ1) is 8.50. The van der Waals surface area contributed by atoms with Crippen LogP contribution in [0.4, 0.5) is 0 Å². The molecule has 1 unspecified atom stereocenters. The molecule has 1 nitrogen and oxygen atoms in total. The van der Waals surface area contributed by atoms with Crippen LogP contribution in [0.15, 0.2) is 18.2 Å². The molecular weight excluding hydrogens is 265 g/mol. The van der Waals surface area contributed by atoms with Crippen LogP contribution in [0.25, 0.3) is 0 Å². The highest BCUT2D eigenvalue weighted by Gasteiger charge is 2.28. The Morgan fingerprint density at radius 1 is 1.22 bits per heavy atom. The van der Waals surface area contributed by atoms with Crippen molar-refractivity contribution in [3.8, 4) is 0 Å². The molecule has 0 amide bonds. The Morgan fingerprint density at radius 2 is 1.89 bits per heavy atom. The van der Waals surface area contributed by atoms with Crippen LogP contribution >= 0.6 is 23.2 Å². The van der Waals surface area contributed by atoms with Crippen LogP contribution in [0.5, 0.6) is 0 Å². The molecule has 1 N–H and O–H groups in total. The van der Waals surface area contributed by atoms with Gasteiger partial charge in [-0.05, 0) is 42.9 Å². The topological polar surface area (TPSA) is 12.0 Å². The maximum Gasteiger partial charge on any atom is 0.0595 e. The van der Waals surface area contributed by atoms with E-state index < -0.39 is 0 Å². The zero-order valence-corrected chi connectivity index (χ0v) is 12.6. The fourth-order valence-corrected chi connectivity index (χ4v) is 3.01. The summed E-state index contributed by atoms with van der Waals surface area (Å²) in [7, 11) is 0. The molecule has 0 aliphatic heterocycles. The monoisotopic (exact) mass is 285 g/mol. The minimum atomic E-state index is 0.317. The Labute approximate surface area is 120 Å². The smallest absolute Gasteiger partial charge is 0.0595 e. The Hall–Kier alpha value is -0.240. The summed E-state index contributed by atoms with van der Waals surface area (Å²) in [5.74, 6) is 0. The summed E-state index contributed by atoms with van der Waals surface area (Å²) in [4.78, 5) is 0. The molecule has 0 aromatic heterocycles. The van der Waals surface area contributed by atoms with Crippen molar-refractivity contribution >= 4 is 23.2 Å². The molecule has 0 heterocycles. The van der Waals surface area contributed by atoms with Gasteiger partial charge in [-0.2, -0.15) is 0 Å². The first kappa shape index (κ1) is 14.2. The van der Waals surface area contributed by atoms with Gasteiger partial charge in [-0.3, -0.25) is 0 Å². The number of benzene rings is 1. The van der Waals surface area contributed by atoms with Crippen LogP contribution in [-0.4, -0.2) is 6.54 Å². The van der Waals surface area contributed by atoms with Crippen molar-refractivity contribution in [2.24, 2.45) is 5.41 Å². The molecule has 1 aliphatic carbocycles. The summed E-state index contributed by atoms with van der Waals surface area (Å²) in [5.41, 5.74) is 1.68. The molecule has 2 rings (SSSR count). The summed E-state index contributed by atoms with van der Waals surface area (Å²) in [6, 6.07) is 6.19. The van der Waals surface area contributed by atoms with Gasteiger partial charge in [0.15, 0.2) is 0 Å². The molecule has 1 fully saturated rings. The fourth-order valence-electron chi connectivity index (χ4n) is 2.70. The Balaban J connectivity index is 1.94. The average molecular weight is 286 g/mol. The van der Waals surface area contributed by atoms with Gasteiger partial charge in [0.05, 0.1) is 10.0 Å². The van der Waals surface area contributed by atoms with Crippen molar-refractivity contribution < 1.29 is 0 Å². The highest BCUT2D eigenvalue weighted by molar-refractivity contribution is 6.42. The van der Waals surface area contributed by atoms with E-state index in [1.54, 1.807) is 0 Å². The largest absolute Gasteiger partial charge is 0.310 e. The van der Waals surface area contributed by atoms with E-state index in [0.29, 0.717) is 21.5 Å². The molecule has 1 aliphatic rings.